The molecular formula is C32H24O5S2. The van der Waals surface area contributed by atoms with Gasteiger partial charge in [0.2, 0.25) is 5.43 Å². The average Bonchev–Trinajstić information content (AvgIpc) is 2.97. The maximum absolute atomic E-state index is 13.9. The Bertz CT molecular complexity index is 1930. The molecule has 1 heterocycles. The fourth-order valence-corrected chi connectivity index (χ4v) is 9.83. The van der Waals surface area contributed by atoms with Crippen molar-refractivity contribution in [1.29, 1.82) is 0 Å². The number of fused-ring (bicyclic) bond motifs is 2. The molecule has 5 aromatic carbocycles. The lowest BCUT2D eigenvalue weighted by Crippen LogP contribution is -2.15. The quantitative estimate of drug-likeness (QED) is 0.197. The number of aryl methyl sites for hydroxylation is 1. The number of benzene rings is 5. The van der Waals surface area contributed by atoms with Crippen LogP contribution in [0.1, 0.15) is 5.56 Å². The lowest BCUT2D eigenvalue weighted by Gasteiger charge is -2.39. The van der Waals surface area contributed by atoms with E-state index < -0.39 is 20.4 Å². The molecular weight excluding hydrogens is 528 g/mol. The highest BCUT2D eigenvalue weighted by atomic mass is 32.3. The first-order chi connectivity index (χ1) is 18.9. The van der Waals surface area contributed by atoms with E-state index in [0.717, 1.165) is 5.56 Å². The van der Waals surface area contributed by atoms with E-state index in [2.05, 4.69) is 0 Å². The van der Waals surface area contributed by atoms with Gasteiger partial charge in [0, 0.05) is 14.7 Å². The second-order valence-corrected chi connectivity index (χ2v) is 13.6. The summed E-state index contributed by atoms with van der Waals surface area (Å²) in [4.78, 5) is 15.5. The minimum absolute atomic E-state index is 0.0585. The second-order valence-electron chi connectivity index (χ2n) is 9.10. The van der Waals surface area contributed by atoms with Crippen molar-refractivity contribution in [2.24, 2.45) is 0 Å². The van der Waals surface area contributed by atoms with Gasteiger partial charge in [-0.15, -0.1) is 0 Å². The Morgan fingerprint density at radius 2 is 1.10 bits per heavy atom. The number of rotatable bonds is 6. The summed E-state index contributed by atoms with van der Waals surface area (Å²) in [5.74, 6) is 0. The standard InChI is InChI=1S/C32H24O5S2/c1-23-16-18-26(19-17-23)39(34,35)37-38(24-10-4-2-5-11-24,25-12-6-3-7-13-25)27-20-21-31-29(22-27)32(33)28-14-8-9-15-30(28)36-31/h2-22H,1H3. The van der Waals surface area contributed by atoms with E-state index in [1.165, 1.54) is 0 Å². The van der Waals surface area contributed by atoms with Crippen LogP contribution in [0.3, 0.4) is 0 Å². The van der Waals surface area contributed by atoms with Crippen molar-refractivity contribution in [3.05, 3.63) is 143 Å². The molecule has 0 aliphatic rings. The minimum atomic E-state index is -4.24. The van der Waals surface area contributed by atoms with E-state index in [-0.39, 0.29) is 10.3 Å². The smallest absolute Gasteiger partial charge is 0.307 e. The average molecular weight is 553 g/mol. The van der Waals surface area contributed by atoms with Crippen LogP contribution in [0.5, 0.6) is 0 Å². The molecule has 6 aromatic rings. The van der Waals surface area contributed by atoms with E-state index in [0.29, 0.717) is 36.6 Å². The highest BCUT2D eigenvalue weighted by Gasteiger charge is 2.38. The maximum atomic E-state index is 13.9. The van der Waals surface area contributed by atoms with Crippen molar-refractivity contribution in [3.63, 3.8) is 0 Å². The molecule has 1 aromatic heterocycles. The fraction of sp³-hybridized carbons (Fsp3) is 0.0312. The van der Waals surface area contributed by atoms with Crippen LogP contribution in [-0.4, -0.2) is 8.42 Å². The fourth-order valence-electron chi connectivity index (χ4n) is 4.59. The third-order valence-corrected chi connectivity index (χ3v) is 11.7. The summed E-state index contributed by atoms with van der Waals surface area (Å²) in [7, 11) is -7.12. The van der Waals surface area contributed by atoms with Gasteiger partial charge in [0.05, 0.1) is 15.7 Å². The first kappa shape index (κ1) is 25.1. The van der Waals surface area contributed by atoms with Crippen molar-refractivity contribution in [2.75, 3.05) is 0 Å². The molecule has 194 valence electrons. The van der Waals surface area contributed by atoms with Crippen LogP contribution in [0.15, 0.2) is 156 Å². The molecule has 0 N–H and O–H groups in total. The molecule has 6 rings (SSSR count). The van der Waals surface area contributed by atoms with Gasteiger partial charge in [0.1, 0.15) is 11.2 Å². The molecule has 0 saturated carbocycles. The summed E-state index contributed by atoms with van der Waals surface area (Å²) in [5.41, 5.74) is 1.65. The second kappa shape index (κ2) is 9.85. The zero-order chi connectivity index (χ0) is 27.0. The number of hydrogen-bond acceptors (Lipinski definition) is 5. The normalized spacial score (nSPS) is 12.5. The zero-order valence-corrected chi connectivity index (χ0v) is 22.6. The van der Waals surface area contributed by atoms with Crippen LogP contribution in [-0.2, 0) is 13.7 Å². The van der Waals surface area contributed by atoms with Gasteiger partial charge in [0.15, 0.2) is 0 Å². The van der Waals surface area contributed by atoms with Crippen LogP contribution in [0.2, 0.25) is 0 Å². The summed E-state index contributed by atoms with van der Waals surface area (Å²) in [6.45, 7) is 1.89. The van der Waals surface area contributed by atoms with Gasteiger partial charge in [-0.2, -0.15) is 8.42 Å². The summed E-state index contributed by atoms with van der Waals surface area (Å²) < 4.78 is 40.3. The van der Waals surface area contributed by atoms with Gasteiger partial charge < -0.3 is 4.42 Å². The molecule has 0 amide bonds. The molecule has 39 heavy (non-hydrogen) atoms. The van der Waals surface area contributed by atoms with Gasteiger partial charge in [-0.05, 0) is 84.0 Å². The highest BCUT2D eigenvalue weighted by molar-refractivity contribution is 8.33. The lowest BCUT2D eigenvalue weighted by atomic mass is 10.1. The van der Waals surface area contributed by atoms with Gasteiger partial charge in [0.25, 0.3) is 0 Å². The van der Waals surface area contributed by atoms with Crippen LogP contribution < -0.4 is 5.43 Å². The minimum Gasteiger partial charge on any atom is -0.456 e. The van der Waals surface area contributed by atoms with Gasteiger partial charge >= 0.3 is 10.1 Å². The largest absolute Gasteiger partial charge is 0.456 e. The first-order valence-electron chi connectivity index (χ1n) is 12.3. The van der Waals surface area contributed by atoms with Gasteiger partial charge in [-0.25, -0.2) is 3.63 Å². The summed E-state index contributed by atoms with van der Waals surface area (Å²) in [6.07, 6.45) is 0. The number of para-hydroxylation sites is 1. The van der Waals surface area contributed by atoms with Crippen molar-refractivity contribution in [1.82, 2.24) is 0 Å². The lowest BCUT2D eigenvalue weighted by molar-refractivity contribution is 0.508. The molecule has 0 fully saturated rings. The summed E-state index contributed by atoms with van der Waals surface area (Å²) in [5, 5.41) is 0.807. The Labute approximate surface area is 228 Å². The monoisotopic (exact) mass is 552 g/mol. The van der Waals surface area contributed by atoms with Crippen LogP contribution in [0, 0.1) is 6.92 Å². The number of hydrogen-bond donors (Lipinski definition) is 0. The predicted molar refractivity (Wildman–Crippen MR) is 155 cm³/mol. The molecule has 0 bridgehead atoms. The van der Waals surface area contributed by atoms with E-state index in [9.17, 15) is 13.2 Å². The Kier molecular flexibility index (Phi) is 6.35. The third-order valence-electron chi connectivity index (χ3n) is 6.53. The Balaban J connectivity index is 1.68. The highest BCUT2D eigenvalue weighted by Crippen LogP contribution is 2.70. The van der Waals surface area contributed by atoms with Crippen LogP contribution >= 0.6 is 10.3 Å². The topological polar surface area (TPSA) is 73.6 Å². The molecule has 0 saturated heterocycles. The SMILES string of the molecule is Cc1ccc(S(=O)(=O)OS(c2ccccc2)(c2ccccc2)c2ccc3oc4ccccc4c(=O)c3c2)cc1. The van der Waals surface area contributed by atoms with Crippen molar-refractivity contribution >= 4 is 42.4 Å². The first-order valence-corrected chi connectivity index (χ1v) is 15.3. The van der Waals surface area contributed by atoms with Crippen molar-refractivity contribution in [3.8, 4) is 0 Å². The molecule has 0 aliphatic carbocycles. The van der Waals surface area contributed by atoms with Gasteiger partial charge in [-0.1, -0.05) is 66.2 Å². The van der Waals surface area contributed by atoms with Crippen molar-refractivity contribution in [2.45, 2.75) is 26.5 Å². The van der Waals surface area contributed by atoms with Crippen molar-refractivity contribution < 1.29 is 16.5 Å². The Morgan fingerprint density at radius 1 is 0.564 bits per heavy atom. The van der Waals surface area contributed by atoms with Crippen LogP contribution in [0.4, 0.5) is 0 Å². The maximum Gasteiger partial charge on any atom is 0.307 e. The Hall–Kier alpha value is -4.17. The van der Waals surface area contributed by atoms with E-state index in [1.807, 2.05) is 73.7 Å². The third kappa shape index (κ3) is 4.44. The molecule has 0 radical (unpaired) electrons. The van der Waals surface area contributed by atoms with E-state index >= 15 is 0 Å². The molecule has 0 aliphatic heterocycles. The molecule has 0 spiro atoms. The molecule has 0 atom stereocenters. The molecule has 5 nitrogen and oxygen atoms in total. The van der Waals surface area contributed by atoms with Gasteiger partial charge in [-0.3, -0.25) is 4.79 Å². The van der Waals surface area contributed by atoms with Crippen LogP contribution in [0.25, 0.3) is 21.9 Å². The molecule has 7 heteroatoms. The predicted octanol–water partition coefficient (Wildman–Crippen LogP) is 7.86. The summed E-state index contributed by atoms with van der Waals surface area (Å²) in [6, 6.07) is 37.5. The Morgan fingerprint density at radius 3 is 1.74 bits per heavy atom. The van der Waals surface area contributed by atoms with E-state index in [1.54, 1.807) is 60.7 Å². The molecule has 0 unspecified atom stereocenters. The van der Waals surface area contributed by atoms with E-state index in [4.69, 9.17) is 8.05 Å². The summed E-state index contributed by atoms with van der Waals surface area (Å²) >= 11 is 0. The zero-order valence-electron chi connectivity index (χ0n) is 21.0.